The zero-order chi connectivity index (χ0) is 31.4. The lowest BCUT2D eigenvalue weighted by Gasteiger charge is -2.31. The summed E-state index contributed by atoms with van der Waals surface area (Å²) in [7, 11) is 0. The third-order valence-electron chi connectivity index (χ3n) is 10.7. The highest BCUT2D eigenvalue weighted by Crippen LogP contribution is 2.65. The average molecular weight is 610 g/mol. The Kier molecular flexibility index (Phi) is 5.04. The molecular formula is C45H27N3. The third-order valence-corrected chi connectivity index (χ3v) is 10.7. The van der Waals surface area contributed by atoms with Gasteiger partial charge in [-0.1, -0.05) is 133 Å². The fourth-order valence-corrected chi connectivity index (χ4v) is 8.78. The number of aromatic nitrogens is 3. The Morgan fingerprint density at radius 1 is 0.479 bits per heavy atom. The maximum atomic E-state index is 4.77. The van der Waals surface area contributed by atoms with Crippen molar-refractivity contribution in [3.63, 3.8) is 0 Å². The van der Waals surface area contributed by atoms with Crippen LogP contribution in [0.25, 0.3) is 72.0 Å². The van der Waals surface area contributed by atoms with Gasteiger partial charge in [0.2, 0.25) is 5.78 Å². The van der Waals surface area contributed by atoms with Crippen LogP contribution in [0.1, 0.15) is 22.3 Å². The van der Waals surface area contributed by atoms with Crippen molar-refractivity contribution in [3.8, 4) is 44.6 Å². The molecule has 2 aromatic heterocycles. The van der Waals surface area contributed by atoms with Gasteiger partial charge in [-0.05, 0) is 89.3 Å². The van der Waals surface area contributed by atoms with Gasteiger partial charge < -0.3 is 0 Å². The fraction of sp³-hybridized carbons (Fsp3) is 0.0222. The Labute approximate surface area is 277 Å². The normalized spacial score (nSPS) is 13.6. The minimum atomic E-state index is -0.426. The molecule has 0 unspecified atom stereocenters. The van der Waals surface area contributed by atoms with Gasteiger partial charge in [-0.3, -0.25) is 4.40 Å². The standard InChI is InChI=1S/C45H27N3/c1-2-11-31-28(10-1)22-23-39-42(31)43-35-15-4-3-12-32(35)36(29-18-20-30(21-19-29)41-27-48-25-9-24-46-44(48)47-41)26-40(43)45(39)37-16-7-5-13-33(37)34-14-6-8-17-38(34)45/h1-27H. The van der Waals surface area contributed by atoms with E-state index >= 15 is 0 Å². The molecule has 2 aliphatic carbocycles. The van der Waals surface area contributed by atoms with E-state index in [0.29, 0.717) is 5.78 Å². The summed E-state index contributed by atoms with van der Waals surface area (Å²) in [6.07, 6.45) is 5.81. The molecule has 0 saturated heterocycles. The van der Waals surface area contributed by atoms with Gasteiger partial charge in [0, 0.05) is 24.2 Å². The number of hydrogen-bond acceptors (Lipinski definition) is 2. The molecule has 0 fully saturated rings. The highest BCUT2D eigenvalue weighted by Gasteiger charge is 2.52. The van der Waals surface area contributed by atoms with Gasteiger partial charge in [-0.15, -0.1) is 0 Å². The molecule has 0 atom stereocenters. The Hall–Kier alpha value is -6.32. The predicted molar refractivity (Wildman–Crippen MR) is 195 cm³/mol. The summed E-state index contributed by atoms with van der Waals surface area (Å²) in [4.78, 5) is 9.19. The fourth-order valence-electron chi connectivity index (χ4n) is 8.78. The SMILES string of the molecule is c1ccc2c(c1)-c1ccccc1C21c2ccc3ccccc3c2-c2c1cc(-c1ccc(-c3cn4cccnc4n3)cc1)c1ccccc21. The number of imidazole rings is 1. The van der Waals surface area contributed by atoms with Crippen LogP contribution < -0.4 is 0 Å². The van der Waals surface area contributed by atoms with Gasteiger partial charge >= 0.3 is 0 Å². The van der Waals surface area contributed by atoms with Crippen LogP contribution in [0.3, 0.4) is 0 Å². The van der Waals surface area contributed by atoms with E-state index in [1.165, 1.54) is 77.2 Å². The van der Waals surface area contributed by atoms with Crippen LogP contribution >= 0.6 is 0 Å². The molecule has 222 valence electrons. The quantitative estimate of drug-likeness (QED) is 0.195. The molecule has 11 rings (SSSR count). The van der Waals surface area contributed by atoms with Crippen LogP contribution in [0, 0.1) is 0 Å². The third kappa shape index (κ3) is 3.22. The molecule has 2 heterocycles. The van der Waals surface area contributed by atoms with E-state index in [9.17, 15) is 0 Å². The minimum Gasteiger partial charge on any atom is -0.291 e. The van der Waals surface area contributed by atoms with E-state index in [2.05, 4.69) is 145 Å². The van der Waals surface area contributed by atoms with E-state index in [1.807, 2.05) is 22.9 Å². The first kappa shape index (κ1) is 25.8. The zero-order valence-electron chi connectivity index (χ0n) is 25.9. The van der Waals surface area contributed by atoms with Crippen LogP contribution in [0.4, 0.5) is 0 Å². The van der Waals surface area contributed by atoms with Gasteiger partial charge in [-0.2, -0.15) is 0 Å². The summed E-state index contributed by atoms with van der Waals surface area (Å²) in [5, 5.41) is 5.12. The highest BCUT2D eigenvalue weighted by molar-refractivity contribution is 6.16. The van der Waals surface area contributed by atoms with Crippen molar-refractivity contribution < 1.29 is 0 Å². The van der Waals surface area contributed by atoms with Gasteiger partial charge in [0.15, 0.2) is 0 Å². The molecule has 48 heavy (non-hydrogen) atoms. The van der Waals surface area contributed by atoms with E-state index < -0.39 is 5.41 Å². The average Bonchev–Trinajstić information content (AvgIpc) is 3.82. The van der Waals surface area contributed by atoms with Crippen LogP contribution in [0.15, 0.2) is 164 Å². The second-order valence-electron chi connectivity index (χ2n) is 13.0. The highest BCUT2D eigenvalue weighted by atomic mass is 15.1. The van der Waals surface area contributed by atoms with Crippen molar-refractivity contribution in [3.05, 3.63) is 186 Å². The van der Waals surface area contributed by atoms with Crippen molar-refractivity contribution in [1.29, 1.82) is 0 Å². The summed E-state index contributed by atoms with van der Waals surface area (Å²) in [6, 6.07) is 54.0. The molecule has 7 aromatic carbocycles. The van der Waals surface area contributed by atoms with E-state index in [-0.39, 0.29) is 0 Å². The van der Waals surface area contributed by atoms with Crippen molar-refractivity contribution in [2.24, 2.45) is 0 Å². The molecule has 0 aliphatic heterocycles. The number of nitrogens with zero attached hydrogens (tertiary/aromatic N) is 3. The molecular weight excluding hydrogens is 583 g/mol. The van der Waals surface area contributed by atoms with Crippen molar-refractivity contribution in [2.75, 3.05) is 0 Å². The van der Waals surface area contributed by atoms with Gasteiger partial charge in [0.1, 0.15) is 0 Å². The first-order valence-corrected chi connectivity index (χ1v) is 16.5. The lowest BCUT2D eigenvalue weighted by molar-refractivity contribution is 0.795. The topological polar surface area (TPSA) is 30.2 Å². The first-order chi connectivity index (χ1) is 23.8. The Balaban J connectivity index is 1.23. The number of fused-ring (bicyclic) bond motifs is 15. The number of benzene rings is 7. The molecule has 9 aromatic rings. The minimum absolute atomic E-state index is 0.426. The zero-order valence-corrected chi connectivity index (χ0v) is 25.9. The van der Waals surface area contributed by atoms with E-state index in [1.54, 1.807) is 6.20 Å². The summed E-state index contributed by atoms with van der Waals surface area (Å²) >= 11 is 0. The Morgan fingerprint density at radius 2 is 1.12 bits per heavy atom. The smallest absolute Gasteiger partial charge is 0.234 e. The van der Waals surface area contributed by atoms with Crippen LogP contribution in [0.2, 0.25) is 0 Å². The Morgan fingerprint density at radius 3 is 1.90 bits per heavy atom. The predicted octanol–water partition coefficient (Wildman–Crippen LogP) is 10.7. The Bertz CT molecular complexity index is 2710. The molecule has 3 nitrogen and oxygen atoms in total. The van der Waals surface area contributed by atoms with Crippen molar-refractivity contribution in [2.45, 2.75) is 5.41 Å². The van der Waals surface area contributed by atoms with Crippen LogP contribution in [-0.4, -0.2) is 14.4 Å². The molecule has 0 amide bonds. The molecule has 1 spiro atoms. The molecule has 0 N–H and O–H groups in total. The maximum Gasteiger partial charge on any atom is 0.234 e. The molecule has 2 aliphatic rings. The van der Waals surface area contributed by atoms with E-state index in [4.69, 9.17) is 4.98 Å². The summed E-state index contributed by atoms with van der Waals surface area (Å²) < 4.78 is 1.97. The second-order valence-corrected chi connectivity index (χ2v) is 13.0. The largest absolute Gasteiger partial charge is 0.291 e. The summed E-state index contributed by atoms with van der Waals surface area (Å²) in [6.45, 7) is 0. The molecule has 0 radical (unpaired) electrons. The monoisotopic (exact) mass is 609 g/mol. The van der Waals surface area contributed by atoms with E-state index in [0.717, 1.165) is 11.3 Å². The van der Waals surface area contributed by atoms with Crippen molar-refractivity contribution >= 4 is 27.3 Å². The summed E-state index contributed by atoms with van der Waals surface area (Å²) in [5.41, 5.74) is 14.8. The van der Waals surface area contributed by atoms with Gasteiger partial charge in [0.05, 0.1) is 11.1 Å². The van der Waals surface area contributed by atoms with Gasteiger partial charge in [0.25, 0.3) is 0 Å². The van der Waals surface area contributed by atoms with Gasteiger partial charge in [-0.25, -0.2) is 9.97 Å². The van der Waals surface area contributed by atoms with Crippen LogP contribution in [0.5, 0.6) is 0 Å². The van der Waals surface area contributed by atoms with Crippen LogP contribution in [-0.2, 0) is 5.41 Å². The lowest BCUT2D eigenvalue weighted by atomic mass is 9.70. The molecule has 0 bridgehead atoms. The maximum absolute atomic E-state index is 4.77. The molecule has 0 saturated carbocycles. The number of rotatable bonds is 2. The summed E-state index contributed by atoms with van der Waals surface area (Å²) in [5.74, 6) is 0.704. The molecule has 3 heteroatoms. The lowest BCUT2D eigenvalue weighted by Crippen LogP contribution is -2.26. The second kappa shape index (κ2) is 9.37. The first-order valence-electron chi connectivity index (χ1n) is 16.5. The number of hydrogen-bond donors (Lipinski definition) is 0. The van der Waals surface area contributed by atoms with Crippen molar-refractivity contribution in [1.82, 2.24) is 14.4 Å².